The number of alkyl carbamates (subject to hydrolysis) is 1. The topological polar surface area (TPSA) is 409 Å². The molecule has 13 rings (SSSR count). The van der Waals surface area contributed by atoms with Crippen molar-refractivity contribution in [3.05, 3.63) is 164 Å². The average molecular weight is 1410 g/mol. The number of aromatic hydroxyl groups is 6. The summed E-state index contributed by atoms with van der Waals surface area (Å²) < 4.78 is 29.5. The molecule has 0 aromatic heterocycles. The number of aliphatic hydroxyl groups is 1. The molecule has 0 radical (unpaired) electrons. The molecule has 0 saturated carbocycles. The number of alkyl halides is 1. The van der Waals surface area contributed by atoms with Crippen LogP contribution in [0.15, 0.2) is 115 Å². The van der Waals surface area contributed by atoms with Crippen molar-refractivity contribution >= 4 is 86.6 Å². The number of phenolic OH excluding ortho intramolecular Hbond substituents is 6. The lowest BCUT2D eigenvalue weighted by Crippen LogP contribution is -2.55. The minimum Gasteiger partial charge on any atom is -0.508 e. The number of carbonyl (C=O) groups excluding carboxylic acids is 8. The Morgan fingerprint density at radius 2 is 1.16 bits per heavy atom. The van der Waals surface area contributed by atoms with Gasteiger partial charge in [-0.15, -0.1) is 0 Å². The number of nitrogens with one attached hydrogen (secondary N) is 7. The fourth-order valence-electron chi connectivity index (χ4n) is 11.0. The van der Waals surface area contributed by atoms with Crippen LogP contribution in [0, 0.1) is 0 Å². The minimum atomic E-state index is -2.20. The average Bonchev–Trinajstić information content (AvgIpc) is 0.773. The number of hydrogen-bond donors (Lipinski definition) is 14. The lowest BCUT2D eigenvalue weighted by molar-refractivity contribution is -0.148. The van der Waals surface area contributed by atoms with Crippen LogP contribution in [-0.2, 0) is 49.5 Å². The van der Waals surface area contributed by atoms with Crippen molar-refractivity contribution in [1.29, 1.82) is 0 Å². The molecule has 7 amide bonds. The summed E-state index contributed by atoms with van der Waals surface area (Å²) in [5.74, 6) is -14.7. The van der Waals surface area contributed by atoms with Crippen LogP contribution < -0.4 is 51.4 Å². The lowest BCUT2D eigenvalue weighted by Gasteiger charge is -2.31. The Balaban J connectivity index is 1.12. The van der Waals surface area contributed by atoms with Crippen molar-refractivity contribution in [2.24, 2.45) is 0 Å². The zero-order valence-corrected chi connectivity index (χ0v) is 52.9. The third-order valence-electron chi connectivity index (χ3n) is 15.4. The zero-order chi connectivity index (χ0) is 68.1. The van der Waals surface area contributed by atoms with Crippen LogP contribution in [0.25, 0.3) is 11.1 Å². The van der Waals surface area contributed by atoms with E-state index in [0.717, 1.165) is 66.7 Å². The van der Waals surface area contributed by atoms with E-state index in [1.807, 2.05) is 0 Å². The second kappa shape index (κ2) is 26.4. The van der Waals surface area contributed by atoms with Gasteiger partial charge in [0.1, 0.15) is 94.8 Å². The third kappa shape index (κ3) is 14.0. The van der Waals surface area contributed by atoms with E-state index in [2.05, 4.69) is 53.1 Å². The van der Waals surface area contributed by atoms with Gasteiger partial charge in [-0.05, 0) is 133 Å². The molecule has 14 N–H and O–H groups in total. The number of esters is 1. The van der Waals surface area contributed by atoms with Crippen LogP contribution in [0.3, 0.4) is 0 Å². The number of fused-ring (bicyclic) bond motifs is 14. The highest BCUT2D eigenvalue weighted by atomic mass is 79.9. The first-order chi connectivity index (χ1) is 45.1. The molecule has 7 aromatic carbocycles. The van der Waals surface area contributed by atoms with Crippen LogP contribution in [-0.4, -0.2) is 113 Å². The standard InChI is InChI=1S/C65H56BrCl2N7O20/c1-65(2,3)95-64(90)75-50-28-6-9-41(79)45(20-28)92-34-17-30(16-32(76)23-34)51-60(86)72-52-31-21-46(93-43-10-4-26(14-37(43)67)15-39(57(83)70-51)69-58(50)84)56(82)47(22-31)94-44-11-7-29(19-38(44)68)55(81)54-62(88)73-53(63(89)91-13-12-66)36-24-33(77)25-42(80)48(36)35-18-27(5-8-40(35)78)49(59(85)74-54)71-61(52)87/h4-11,14,16-25,39,49-55,76-82H,12-13,15H2,1-3H3,(H,69,84)(H,70,83)(H,71,87)(H,72,86)(H,73,88)(H,74,85)(H,75,90)/t39-,49-,50-,51+,52-,53-,54+,55-/m1/s1. The number of carbonyl (C=O) groups is 8. The Kier molecular flexibility index (Phi) is 18.3. The summed E-state index contributed by atoms with van der Waals surface area (Å²) in [5, 5.41) is 98.7. The van der Waals surface area contributed by atoms with E-state index >= 15 is 19.2 Å². The van der Waals surface area contributed by atoms with E-state index in [-0.39, 0.29) is 89.5 Å². The Morgan fingerprint density at radius 3 is 1.82 bits per heavy atom. The summed E-state index contributed by atoms with van der Waals surface area (Å²) in [4.78, 5) is 120. The quantitative estimate of drug-likeness (QED) is 0.0602. The molecule has 0 fully saturated rings. The molecule has 0 aliphatic carbocycles. The maximum atomic E-state index is 15.9. The van der Waals surface area contributed by atoms with Gasteiger partial charge in [0.2, 0.25) is 41.2 Å². The van der Waals surface area contributed by atoms with Crippen LogP contribution >= 0.6 is 39.1 Å². The molecular formula is C65H56BrCl2N7O20. The van der Waals surface area contributed by atoms with Crippen LogP contribution in [0.4, 0.5) is 4.79 Å². The van der Waals surface area contributed by atoms with Gasteiger partial charge in [-0.3, -0.25) is 28.8 Å². The van der Waals surface area contributed by atoms with Crippen LogP contribution in [0.2, 0.25) is 10.0 Å². The van der Waals surface area contributed by atoms with E-state index in [0.29, 0.717) is 0 Å². The Morgan fingerprint density at radius 1 is 0.568 bits per heavy atom. The van der Waals surface area contributed by atoms with Crippen molar-refractivity contribution in [2.75, 3.05) is 11.9 Å². The number of halogens is 3. The molecule has 0 unspecified atom stereocenters. The van der Waals surface area contributed by atoms with Gasteiger partial charge in [0.25, 0.3) is 0 Å². The van der Waals surface area contributed by atoms with Gasteiger partial charge in [0.15, 0.2) is 29.0 Å². The highest BCUT2D eigenvalue weighted by Gasteiger charge is 2.42. The van der Waals surface area contributed by atoms with Crippen molar-refractivity contribution < 1.29 is 97.8 Å². The fourth-order valence-corrected chi connectivity index (χ4v) is 11.6. The van der Waals surface area contributed by atoms with Gasteiger partial charge in [0, 0.05) is 40.6 Å². The Hall–Kier alpha value is -10.7. The highest BCUT2D eigenvalue weighted by Crippen LogP contribution is 2.48. The molecule has 0 spiro atoms. The lowest BCUT2D eigenvalue weighted by atomic mass is 9.89. The summed E-state index contributed by atoms with van der Waals surface area (Å²) in [5.41, 5.74) is -3.04. The van der Waals surface area contributed by atoms with Gasteiger partial charge < -0.3 is 96.6 Å². The number of phenols is 6. The molecule has 6 heterocycles. The molecule has 30 heteroatoms. The Labute approximate surface area is 556 Å². The summed E-state index contributed by atoms with van der Waals surface area (Å²) in [6.07, 6.45) is -3.63. The smallest absolute Gasteiger partial charge is 0.408 e. The molecule has 492 valence electrons. The molecule has 27 nitrogen and oxygen atoms in total. The van der Waals surface area contributed by atoms with E-state index in [1.165, 1.54) is 48.5 Å². The van der Waals surface area contributed by atoms with Gasteiger partial charge in [0.05, 0.1) is 10.0 Å². The maximum absolute atomic E-state index is 15.9. The number of benzene rings is 7. The molecule has 6 aliphatic rings. The predicted octanol–water partition coefficient (Wildman–Crippen LogP) is 7.40. The number of amides is 7. The van der Waals surface area contributed by atoms with Gasteiger partial charge in [-0.2, -0.15) is 0 Å². The van der Waals surface area contributed by atoms with Crippen LogP contribution in [0.5, 0.6) is 69.0 Å². The largest absolute Gasteiger partial charge is 0.508 e. The van der Waals surface area contributed by atoms with E-state index in [4.69, 9.17) is 46.9 Å². The van der Waals surface area contributed by atoms with E-state index < -0.39 is 159 Å². The molecule has 7 aromatic rings. The maximum Gasteiger partial charge on any atom is 0.408 e. The summed E-state index contributed by atoms with van der Waals surface area (Å²) >= 11 is 17.0. The van der Waals surface area contributed by atoms with Crippen molar-refractivity contribution in [3.8, 4) is 80.1 Å². The van der Waals surface area contributed by atoms with Crippen molar-refractivity contribution in [3.63, 3.8) is 0 Å². The second-order valence-corrected chi connectivity index (χ2v) is 24.8. The number of rotatable bonds is 4. The van der Waals surface area contributed by atoms with Crippen LogP contribution in [0.1, 0.15) is 96.0 Å². The fraction of sp³-hybridized carbons (Fsp3) is 0.231. The first-order valence-corrected chi connectivity index (χ1v) is 30.7. The molecule has 6 aliphatic heterocycles. The molecular weight excluding hydrogens is 1350 g/mol. The van der Waals surface area contributed by atoms with Crippen molar-refractivity contribution in [1.82, 2.24) is 37.2 Å². The number of hydrogen-bond acceptors (Lipinski definition) is 20. The van der Waals surface area contributed by atoms with Gasteiger partial charge in [-0.1, -0.05) is 63.4 Å². The molecule has 95 heavy (non-hydrogen) atoms. The first kappa shape index (κ1) is 65.8. The number of aliphatic hydroxyl groups excluding tert-OH is 1. The van der Waals surface area contributed by atoms with E-state index in [1.54, 1.807) is 20.8 Å². The minimum absolute atomic E-state index is 0.00534. The molecule has 0 saturated heterocycles. The normalized spacial score (nSPS) is 21.0. The number of ether oxygens (including phenoxy) is 5. The molecule has 8 atom stereocenters. The molecule has 17 bridgehead atoms. The summed E-state index contributed by atoms with van der Waals surface area (Å²) in [6, 6.07) is 7.98. The first-order valence-electron chi connectivity index (χ1n) is 28.9. The monoisotopic (exact) mass is 1400 g/mol. The highest BCUT2D eigenvalue weighted by molar-refractivity contribution is 9.09. The Bertz CT molecular complexity index is 4360. The zero-order valence-electron chi connectivity index (χ0n) is 49.8. The SMILES string of the molecule is CC(C)(C)OC(=O)N[C@H]1C(=O)N[C@@H]2Cc3ccc(c(Cl)c3)Oc3cc4cc(c3O)Oc3ccc(cc3Cl)[C@@H](O)[C@@H]3NC(=O)[C@H](NC(=O)[C@@H]4NC(=O)[C@@H](NC2=O)c2cc(O)cc(c2)Oc2cc1ccc2O)c1ccc(O)c(c1)-c1c(O)cc(O)cc1[C@H](C(=O)OCCBr)NC3=O. The third-order valence-corrected chi connectivity index (χ3v) is 16.3. The second-order valence-electron chi connectivity index (χ2n) is 23.2. The van der Waals surface area contributed by atoms with Crippen molar-refractivity contribution in [2.45, 2.75) is 81.2 Å². The summed E-state index contributed by atoms with van der Waals surface area (Å²) in [7, 11) is 0. The predicted molar refractivity (Wildman–Crippen MR) is 337 cm³/mol. The van der Waals surface area contributed by atoms with Gasteiger partial charge >= 0.3 is 12.1 Å². The van der Waals surface area contributed by atoms with E-state index in [9.17, 15) is 54.9 Å². The van der Waals surface area contributed by atoms with Gasteiger partial charge in [-0.25, -0.2) is 9.59 Å². The summed E-state index contributed by atoms with van der Waals surface area (Å²) in [6.45, 7) is 4.45.